The monoisotopic (exact) mass is 341 g/mol. The van der Waals surface area contributed by atoms with Crippen LogP contribution in [0.15, 0.2) is 36.7 Å². The number of benzene rings is 1. The minimum Gasteiger partial charge on any atom is -0.482 e. The number of fused-ring (bicyclic) bond motifs is 1. The van der Waals surface area contributed by atoms with Gasteiger partial charge in [-0.15, -0.1) is 0 Å². The number of hydrogen-bond donors (Lipinski definition) is 0. The lowest BCUT2D eigenvalue weighted by atomic mass is 10.1. The van der Waals surface area contributed by atoms with Crippen LogP contribution in [0.4, 0.5) is 0 Å². The lowest BCUT2D eigenvalue weighted by molar-refractivity contribution is -0.145. The number of aryl methyl sites for hydroxylation is 1. The zero-order valence-corrected chi connectivity index (χ0v) is 14.6. The Morgan fingerprint density at radius 2 is 2.04 bits per heavy atom. The summed E-state index contributed by atoms with van der Waals surface area (Å²) in [5.74, 6) is 1.34. The molecule has 1 aromatic carbocycles. The number of likely N-dealkylation sites (tertiary alicyclic amines) is 1. The second kappa shape index (κ2) is 6.43. The quantitative estimate of drug-likeness (QED) is 0.860. The van der Waals surface area contributed by atoms with E-state index in [-0.39, 0.29) is 18.1 Å². The molecule has 2 aliphatic heterocycles. The van der Waals surface area contributed by atoms with Crippen molar-refractivity contribution in [3.8, 4) is 11.5 Å². The number of carbonyl (C=O) groups is 1. The Hall–Kier alpha value is -2.50. The number of para-hydroxylation sites is 2. The van der Waals surface area contributed by atoms with Crippen LogP contribution in [0.2, 0.25) is 0 Å². The molecular formula is C19H23N3O3. The van der Waals surface area contributed by atoms with Gasteiger partial charge >= 0.3 is 0 Å². The van der Waals surface area contributed by atoms with Gasteiger partial charge in [-0.2, -0.15) is 5.10 Å². The summed E-state index contributed by atoms with van der Waals surface area (Å²) in [4.78, 5) is 15.1. The molecule has 132 valence electrons. The average Bonchev–Trinajstić information content (AvgIpc) is 3.23. The van der Waals surface area contributed by atoms with Crippen LogP contribution in [0.25, 0.3) is 0 Å². The molecule has 0 saturated carbocycles. The number of hydrogen-bond acceptors (Lipinski definition) is 4. The number of rotatable bonds is 3. The Morgan fingerprint density at radius 3 is 2.76 bits per heavy atom. The van der Waals surface area contributed by atoms with E-state index in [1.54, 1.807) is 0 Å². The molecule has 4 rings (SSSR count). The van der Waals surface area contributed by atoms with Crippen molar-refractivity contribution < 1.29 is 14.3 Å². The first kappa shape index (κ1) is 16.0. The van der Waals surface area contributed by atoms with E-state index < -0.39 is 6.10 Å². The third kappa shape index (κ3) is 3.08. The molecule has 0 aliphatic carbocycles. The summed E-state index contributed by atoms with van der Waals surface area (Å²) in [5, 5.41) is 4.35. The number of ether oxygens (including phenoxy) is 2. The molecule has 6 nitrogen and oxygen atoms in total. The predicted octanol–water partition coefficient (Wildman–Crippen LogP) is 2.41. The maximum absolute atomic E-state index is 13.1. The molecule has 1 aromatic heterocycles. The van der Waals surface area contributed by atoms with Crippen molar-refractivity contribution in [1.29, 1.82) is 0 Å². The second-order valence-electron chi connectivity index (χ2n) is 6.88. The second-order valence-corrected chi connectivity index (χ2v) is 6.88. The van der Waals surface area contributed by atoms with Crippen molar-refractivity contribution in [2.45, 2.75) is 51.5 Å². The number of carbonyl (C=O) groups excluding carboxylic acids is 1. The molecule has 2 aromatic rings. The Labute approximate surface area is 147 Å². The molecule has 6 heteroatoms. The lowest BCUT2D eigenvalue weighted by Crippen LogP contribution is -2.52. The first-order valence-electron chi connectivity index (χ1n) is 8.83. The van der Waals surface area contributed by atoms with Crippen LogP contribution < -0.4 is 9.47 Å². The predicted molar refractivity (Wildman–Crippen MR) is 92.6 cm³/mol. The molecule has 0 radical (unpaired) electrons. The van der Waals surface area contributed by atoms with Crippen LogP contribution in [-0.4, -0.2) is 45.4 Å². The summed E-state index contributed by atoms with van der Waals surface area (Å²) >= 11 is 0. The summed E-state index contributed by atoms with van der Waals surface area (Å²) in [5.41, 5.74) is 1.13. The standard InChI is InChI=1S/C19H23N3O3/c1-13-10-20-21(11-13)12-15-6-5-9-22(15)19(23)18-14(2)24-16-7-3-4-8-17(16)25-18/h3-4,7-8,10-11,14-15,18H,5-6,9,12H2,1-2H3. The Bertz CT molecular complexity index is 773. The third-order valence-corrected chi connectivity index (χ3v) is 4.91. The van der Waals surface area contributed by atoms with Gasteiger partial charge < -0.3 is 14.4 Å². The third-order valence-electron chi connectivity index (χ3n) is 4.91. The van der Waals surface area contributed by atoms with Gasteiger partial charge in [-0.1, -0.05) is 12.1 Å². The van der Waals surface area contributed by atoms with Crippen molar-refractivity contribution >= 4 is 5.91 Å². The van der Waals surface area contributed by atoms with Crippen molar-refractivity contribution in [1.82, 2.24) is 14.7 Å². The molecule has 1 saturated heterocycles. The van der Waals surface area contributed by atoms with E-state index in [1.807, 2.05) is 60.1 Å². The molecule has 3 unspecified atom stereocenters. The van der Waals surface area contributed by atoms with Gasteiger partial charge in [0.1, 0.15) is 6.10 Å². The molecule has 1 amide bonds. The van der Waals surface area contributed by atoms with Crippen molar-refractivity contribution in [3.05, 3.63) is 42.2 Å². The smallest absolute Gasteiger partial charge is 0.267 e. The van der Waals surface area contributed by atoms with Crippen LogP contribution in [0, 0.1) is 6.92 Å². The van der Waals surface area contributed by atoms with E-state index in [9.17, 15) is 4.79 Å². The highest BCUT2D eigenvalue weighted by molar-refractivity contribution is 5.83. The Balaban J connectivity index is 1.49. The molecule has 3 heterocycles. The normalized spacial score (nSPS) is 25.2. The van der Waals surface area contributed by atoms with Gasteiger partial charge in [0.05, 0.1) is 18.8 Å². The van der Waals surface area contributed by atoms with Crippen molar-refractivity contribution in [2.24, 2.45) is 0 Å². The van der Waals surface area contributed by atoms with Gasteiger partial charge in [0, 0.05) is 12.7 Å². The minimum atomic E-state index is -0.602. The molecule has 0 N–H and O–H groups in total. The first-order valence-corrected chi connectivity index (χ1v) is 8.83. The molecule has 25 heavy (non-hydrogen) atoms. The summed E-state index contributed by atoms with van der Waals surface area (Å²) in [6, 6.07) is 7.65. The van der Waals surface area contributed by atoms with E-state index in [0.717, 1.165) is 31.5 Å². The highest BCUT2D eigenvalue weighted by Gasteiger charge is 2.40. The highest BCUT2D eigenvalue weighted by atomic mass is 16.6. The average molecular weight is 341 g/mol. The number of amides is 1. The van der Waals surface area contributed by atoms with Crippen molar-refractivity contribution in [2.75, 3.05) is 6.54 Å². The Kier molecular flexibility index (Phi) is 4.11. The summed E-state index contributed by atoms with van der Waals surface area (Å²) in [6.07, 6.45) is 4.95. The fraction of sp³-hybridized carbons (Fsp3) is 0.474. The van der Waals surface area contributed by atoms with Gasteiger partial charge in [-0.25, -0.2) is 0 Å². The maximum atomic E-state index is 13.1. The molecular weight excluding hydrogens is 318 g/mol. The fourth-order valence-corrected chi connectivity index (χ4v) is 3.65. The zero-order chi connectivity index (χ0) is 17.4. The summed E-state index contributed by atoms with van der Waals surface area (Å²) in [6.45, 7) is 5.39. The van der Waals surface area contributed by atoms with Crippen LogP contribution in [-0.2, 0) is 11.3 Å². The van der Waals surface area contributed by atoms with Crippen LogP contribution in [0.5, 0.6) is 11.5 Å². The van der Waals surface area contributed by atoms with Crippen molar-refractivity contribution in [3.63, 3.8) is 0 Å². The Morgan fingerprint density at radius 1 is 1.28 bits per heavy atom. The van der Waals surface area contributed by atoms with Gasteiger partial charge in [0.25, 0.3) is 5.91 Å². The van der Waals surface area contributed by atoms with Crippen LogP contribution in [0.1, 0.15) is 25.3 Å². The van der Waals surface area contributed by atoms with E-state index in [1.165, 1.54) is 0 Å². The fourth-order valence-electron chi connectivity index (χ4n) is 3.65. The van der Waals surface area contributed by atoms with E-state index in [0.29, 0.717) is 11.5 Å². The van der Waals surface area contributed by atoms with Gasteiger partial charge in [0.15, 0.2) is 11.5 Å². The summed E-state index contributed by atoms with van der Waals surface area (Å²) < 4.78 is 13.8. The van der Waals surface area contributed by atoms with Crippen LogP contribution >= 0.6 is 0 Å². The van der Waals surface area contributed by atoms with Gasteiger partial charge in [-0.05, 0) is 44.4 Å². The molecule has 2 aliphatic rings. The SMILES string of the molecule is Cc1cnn(CC2CCCN2C(=O)C2Oc3ccccc3OC2C)c1. The first-order chi connectivity index (χ1) is 12.1. The zero-order valence-electron chi connectivity index (χ0n) is 14.6. The van der Waals surface area contributed by atoms with E-state index in [4.69, 9.17) is 9.47 Å². The van der Waals surface area contributed by atoms with E-state index in [2.05, 4.69) is 5.10 Å². The van der Waals surface area contributed by atoms with Gasteiger partial charge in [-0.3, -0.25) is 9.48 Å². The number of aromatic nitrogens is 2. The molecule has 0 spiro atoms. The highest BCUT2D eigenvalue weighted by Crippen LogP contribution is 2.34. The largest absolute Gasteiger partial charge is 0.482 e. The minimum absolute atomic E-state index is 0.00776. The lowest BCUT2D eigenvalue weighted by Gasteiger charge is -2.35. The molecule has 1 fully saturated rings. The number of nitrogens with zero attached hydrogens (tertiary/aromatic N) is 3. The summed E-state index contributed by atoms with van der Waals surface area (Å²) in [7, 11) is 0. The maximum Gasteiger partial charge on any atom is 0.267 e. The van der Waals surface area contributed by atoms with Gasteiger partial charge in [0.2, 0.25) is 6.10 Å². The topological polar surface area (TPSA) is 56.6 Å². The molecule has 0 bridgehead atoms. The van der Waals surface area contributed by atoms with Crippen LogP contribution in [0.3, 0.4) is 0 Å². The van der Waals surface area contributed by atoms with E-state index >= 15 is 0 Å². The molecule has 3 atom stereocenters.